The van der Waals surface area contributed by atoms with Crippen LogP contribution in [0.2, 0.25) is 0 Å². The van der Waals surface area contributed by atoms with Gasteiger partial charge < -0.3 is 16.4 Å². The molecule has 0 bridgehead atoms. The lowest BCUT2D eigenvalue weighted by atomic mass is 10.4. The molecular weight excluding hydrogens is 116 g/mol. The van der Waals surface area contributed by atoms with Gasteiger partial charge in [0.15, 0.2) is 0 Å². The first-order valence-corrected chi connectivity index (χ1v) is 2.76. The van der Waals surface area contributed by atoms with Gasteiger partial charge >= 0.3 is 0 Å². The maximum atomic E-state index is 5.53. The zero-order chi connectivity index (χ0) is 6.69. The summed E-state index contributed by atoms with van der Waals surface area (Å²) in [4.78, 5) is 3.90. The van der Waals surface area contributed by atoms with Crippen LogP contribution in [0.3, 0.4) is 0 Å². The normalized spacial score (nSPS) is 17.4. The Morgan fingerprint density at radius 1 is 1.89 bits per heavy atom. The fraction of sp³-hybridized carbons (Fsp3) is 0.400. The summed E-state index contributed by atoms with van der Waals surface area (Å²) < 4.78 is 0. The first-order chi connectivity index (χ1) is 4.34. The number of rotatable bonds is 1. The second kappa shape index (κ2) is 2.39. The van der Waals surface area contributed by atoms with E-state index in [4.69, 9.17) is 5.73 Å². The minimum atomic E-state index is 0.586. The maximum Gasteiger partial charge on any atom is 0.125 e. The molecule has 1 heterocycles. The number of hydrogen-bond donors (Lipinski definition) is 3. The molecule has 1 aliphatic rings. The molecule has 4 N–H and O–H groups in total. The highest BCUT2D eigenvalue weighted by Gasteiger charge is 2.01. The summed E-state index contributed by atoms with van der Waals surface area (Å²) >= 11 is 0. The Morgan fingerprint density at radius 2 is 2.67 bits per heavy atom. The van der Waals surface area contributed by atoms with Gasteiger partial charge in [-0.1, -0.05) is 0 Å². The van der Waals surface area contributed by atoms with E-state index in [1.165, 1.54) is 0 Å². The molecule has 0 amide bonds. The van der Waals surface area contributed by atoms with E-state index >= 15 is 0 Å². The van der Waals surface area contributed by atoms with E-state index in [2.05, 4.69) is 15.6 Å². The molecule has 0 saturated heterocycles. The molecule has 0 saturated carbocycles. The lowest BCUT2D eigenvalue weighted by Crippen LogP contribution is -2.30. The number of nitrogens with zero attached hydrogens (tertiary/aromatic N) is 1. The van der Waals surface area contributed by atoms with E-state index in [1.807, 2.05) is 7.05 Å². The summed E-state index contributed by atoms with van der Waals surface area (Å²) in [6, 6.07) is 0. The van der Waals surface area contributed by atoms with Crippen molar-refractivity contribution >= 4 is 6.34 Å². The van der Waals surface area contributed by atoms with E-state index in [-0.39, 0.29) is 0 Å². The molecule has 1 rings (SSSR count). The zero-order valence-electron chi connectivity index (χ0n) is 5.31. The van der Waals surface area contributed by atoms with Gasteiger partial charge in [-0.05, 0) is 0 Å². The fourth-order valence-electron chi connectivity index (χ4n) is 0.659. The van der Waals surface area contributed by atoms with E-state index < -0.39 is 0 Å². The summed E-state index contributed by atoms with van der Waals surface area (Å²) in [5, 5.41) is 5.78. The van der Waals surface area contributed by atoms with Crippen LogP contribution in [0.5, 0.6) is 0 Å². The zero-order valence-corrected chi connectivity index (χ0v) is 5.31. The lowest BCUT2D eigenvalue weighted by molar-refractivity contribution is 0.831. The van der Waals surface area contributed by atoms with Crippen molar-refractivity contribution in [1.29, 1.82) is 0 Å². The summed E-state index contributed by atoms with van der Waals surface area (Å²) in [7, 11) is 1.81. The first kappa shape index (κ1) is 5.94. The molecule has 0 aromatic rings. The monoisotopic (exact) mass is 126 g/mol. The molecule has 0 aromatic carbocycles. The van der Waals surface area contributed by atoms with Crippen molar-refractivity contribution in [3.05, 3.63) is 11.5 Å². The van der Waals surface area contributed by atoms with Gasteiger partial charge in [0.05, 0.1) is 18.6 Å². The highest BCUT2D eigenvalue weighted by molar-refractivity contribution is 5.59. The van der Waals surface area contributed by atoms with Crippen molar-refractivity contribution in [1.82, 2.24) is 10.6 Å². The predicted octanol–water partition coefficient (Wildman–Crippen LogP) is -1.03. The largest absolute Gasteiger partial charge is 0.398 e. The Balaban J connectivity index is 2.64. The van der Waals surface area contributed by atoms with Crippen molar-refractivity contribution < 1.29 is 0 Å². The second-order valence-corrected chi connectivity index (χ2v) is 1.76. The highest BCUT2D eigenvalue weighted by Crippen LogP contribution is 1.93. The molecule has 9 heavy (non-hydrogen) atoms. The fourth-order valence-corrected chi connectivity index (χ4v) is 0.659. The molecule has 50 valence electrons. The van der Waals surface area contributed by atoms with Crippen LogP contribution in [-0.2, 0) is 0 Å². The molecule has 0 radical (unpaired) electrons. The summed E-state index contributed by atoms with van der Waals surface area (Å²) in [5.74, 6) is 0.852. The Morgan fingerprint density at radius 3 is 3.11 bits per heavy atom. The van der Waals surface area contributed by atoms with Crippen LogP contribution in [0, 0.1) is 0 Å². The SMILES string of the molecule is CNC1=C(N)CN=CN1. The van der Waals surface area contributed by atoms with Crippen molar-refractivity contribution in [2.24, 2.45) is 10.7 Å². The molecule has 1 aliphatic heterocycles. The second-order valence-electron chi connectivity index (χ2n) is 1.76. The topological polar surface area (TPSA) is 62.4 Å². The van der Waals surface area contributed by atoms with E-state index in [0.29, 0.717) is 6.54 Å². The van der Waals surface area contributed by atoms with E-state index in [1.54, 1.807) is 6.34 Å². The van der Waals surface area contributed by atoms with Gasteiger partial charge in [0.1, 0.15) is 5.82 Å². The van der Waals surface area contributed by atoms with Gasteiger partial charge in [-0.15, -0.1) is 0 Å². The van der Waals surface area contributed by atoms with Gasteiger partial charge in [-0.25, -0.2) is 0 Å². The first-order valence-electron chi connectivity index (χ1n) is 2.76. The Bertz CT molecular complexity index is 158. The van der Waals surface area contributed by atoms with Gasteiger partial charge in [0.25, 0.3) is 0 Å². The van der Waals surface area contributed by atoms with Crippen LogP contribution in [-0.4, -0.2) is 19.9 Å². The van der Waals surface area contributed by atoms with Crippen LogP contribution < -0.4 is 16.4 Å². The smallest absolute Gasteiger partial charge is 0.125 e. The molecule has 4 heteroatoms. The number of nitrogens with one attached hydrogen (secondary N) is 2. The number of hydrogen-bond acceptors (Lipinski definition) is 4. The average Bonchev–Trinajstić information content (AvgIpc) is 1.89. The number of nitrogens with two attached hydrogens (primary N) is 1. The van der Waals surface area contributed by atoms with Crippen molar-refractivity contribution in [2.45, 2.75) is 0 Å². The van der Waals surface area contributed by atoms with Gasteiger partial charge in [0.2, 0.25) is 0 Å². The van der Waals surface area contributed by atoms with Crippen molar-refractivity contribution in [2.75, 3.05) is 13.6 Å². The van der Waals surface area contributed by atoms with Crippen LogP contribution in [0.15, 0.2) is 16.5 Å². The Kier molecular flexibility index (Phi) is 1.58. The quantitative estimate of drug-likeness (QED) is 0.421. The lowest BCUT2D eigenvalue weighted by Gasteiger charge is -2.12. The maximum absolute atomic E-state index is 5.53. The van der Waals surface area contributed by atoms with E-state index in [9.17, 15) is 0 Å². The van der Waals surface area contributed by atoms with Crippen LogP contribution in [0.1, 0.15) is 0 Å². The molecular formula is C5H10N4. The molecule has 0 aromatic heterocycles. The number of aliphatic imine (C=N–C) groups is 1. The van der Waals surface area contributed by atoms with Crippen LogP contribution in [0.25, 0.3) is 0 Å². The van der Waals surface area contributed by atoms with Crippen molar-refractivity contribution in [3.63, 3.8) is 0 Å². The van der Waals surface area contributed by atoms with Gasteiger partial charge in [-0.2, -0.15) is 0 Å². The van der Waals surface area contributed by atoms with Crippen LogP contribution >= 0.6 is 0 Å². The minimum Gasteiger partial charge on any atom is -0.398 e. The molecule has 4 nitrogen and oxygen atoms in total. The van der Waals surface area contributed by atoms with Gasteiger partial charge in [-0.3, -0.25) is 4.99 Å². The Hall–Kier alpha value is -1.19. The third-order valence-corrected chi connectivity index (χ3v) is 1.13. The molecule has 0 aliphatic carbocycles. The standard InChI is InChI=1S/C5H10N4/c1-7-5-4(6)2-8-3-9-5/h3,7H,2,6H2,1H3,(H,8,9). The Labute approximate surface area is 53.8 Å². The average molecular weight is 126 g/mol. The summed E-state index contributed by atoms with van der Waals surface area (Å²) in [6.07, 6.45) is 1.63. The van der Waals surface area contributed by atoms with Gasteiger partial charge in [0, 0.05) is 7.05 Å². The van der Waals surface area contributed by atoms with Crippen LogP contribution in [0.4, 0.5) is 0 Å². The summed E-state index contributed by atoms with van der Waals surface area (Å²) in [5.41, 5.74) is 6.28. The molecule has 0 spiro atoms. The summed E-state index contributed by atoms with van der Waals surface area (Å²) in [6.45, 7) is 0.586. The molecule has 0 fully saturated rings. The van der Waals surface area contributed by atoms with E-state index in [0.717, 1.165) is 11.5 Å². The molecule has 0 atom stereocenters. The highest BCUT2D eigenvalue weighted by atomic mass is 15.1. The minimum absolute atomic E-state index is 0.586. The predicted molar refractivity (Wildman–Crippen MR) is 36.8 cm³/mol. The third-order valence-electron chi connectivity index (χ3n) is 1.13. The third kappa shape index (κ3) is 1.13. The molecule has 0 unspecified atom stereocenters. The van der Waals surface area contributed by atoms with Crippen molar-refractivity contribution in [3.8, 4) is 0 Å².